The number of benzene rings is 1. The average Bonchev–Trinajstić information content (AvgIpc) is 2.88. The highest BCUT2D eigenvalue weighted by Crippen LogP contribution is 2.24. The lowest BCUT2D eigenvalue weighted by Crippen LogP contribution is -1.94. The molecule has 5 heteroatoms. The quantitative estimate of drug-likeness (QED) is 0.799. The first kappa shape index (κ1) is 12.7. The van der Waals surface area contributed by atoms with E-state index in [0.717, 1.165) is 28.1 Å². The van der Waals surface area contributed by atoms with Crippen molar-refractivity contribution in [2.24, 2.45) is 0 Å². The van der Waals surface area contributed by atoms with E-state index in [2.05, 4.69) is 9.97 Å². The van der Waals surface area contributed by atoms with Gasteiger partial charge in [0.15, 0.2) is 0 Å². The molecule has 0 radical (unpaired) electrons. The molecule has 3 aromatic rings. The average molecular weight is 284 g/mol. The Morgan fingerprint density at radius 3 is 2.90 bits per heavy atom. The second kappa shape index (κ2) is 5.38. The van der Waals surface area contributed by atoms with E-state index in [1.807, 2.05) is 18.3 Å². The van der Waals surface area contributed by atoms with E-state index in [-0.39, 0.29) is 0 Å². The second-order valence-corrected chi connectivity index (χ2v) is 5.57. The van der Waals surface area contributed by atoms with E-state index in [9.17, 15) is 4.79 Å². The minimum Gasteiger partial charge on any atom is -0.478 e. The lowest BCUT2D eigenvalue weighted by atomic mass is 10.2. The molecule has 0 unspecified atom stereocenters. The topological polar surface area (TPSA) is 63.1 Å². The lowest BCUT2D eigenvalue weighted by Gasteiger charge is -1.96. The molecule has 0 atom stereocenters. The molecule has 0 amide bonds. The van der Waals surface area contributed by atoms with Crippen LogP contribution in [0.5, 0.6) is 0 Å². The Labute approximate surface area is 119 Å². The Bertz CT molecular complexity index is 753. The van der Waals surface area contributed by atoms with E-state index >= 15 is 0 Å². The van der Waals surface area contributed by atoms with Crippen LogP contribution in [0.3, 0.4) is 0 Å². The summed E-state index contributed by atoms with van der Waals surface area (Å²) in [6, 6.07) is 9.01. The summed E-state index contributed by atoms with van der Waals surface area (Å²) in [4.78, 5) is 19.6. The predicted octanol–water partition coefficient (Wildman–Crippen LogP) is 3.17. The Kier molecular flexibility index (Phi) is 3.43. The maximum atomic E-state index is 10.9. The number of carboxylic acids is 1. The third-order valence-electron chi connectivity index (χ3n) is 3.03. The van der Waals surface area contributed by atoms with Gasteiger partial charge in [0.05, 0.1) is 20.8 Å². The fraction of sp³-hybridized carbons (Fsp3) is 0.133. The molecular formula is C15H12N2O2S. The molecule has 0 aliphatic carbocycles. The number of aromatic carboxylic acids is 1. The summed E-state index contributed by atoms with van der Waals surface area (Å²) in [6.07, 6.45) is 5.34. The zero-order valence-corrected chi connectivity index (χ0v) is 11.4. The first-order valence-corrected chi connectivity index (χ1v) is 7.06. The number of rotatable bonds is 4. The summed E-state index contributed by atoms with van der Waals surface area (Å²) in [5.41, 5.74) is 2.35. The first-order chi connectivity index (χ1) is 9.72. The van der Waals surface area contributed by atoms with Crippen molar-refractivity contribution in [1.82, 2.24) is 9.97 Å². The van der Waals surface area contributed by atoms with Crippen molar-refractivity contribution in [2.75, 3.05) is 0 Å². The summed E-state index contributed by atoms with van der Waals surface area (Å²) in [5, 5.41) is 10.0. The van der Waals surface area contributed by atoms with Gasteiger partial charge in [-0.15, -0.1) is 11.3 Å². The molecule has 3 rings (SSSR count). The Hall–Kier alpha value is -2.27. The summed E-state index contributed by atoms with van der Waals surface area (Å²) in [6.45, 7) is 0. The largest absolute Gasteiger partial charge is 0.478 e. The van der Waals surface area contributed by atoms with Crippen LogP contribution < -0.4 is 0 Å². The number of pyridine rings is 1. The van der Waals surface area contributed by atoms with Crippen LogP contribution in [0.2, 0.25) is 0 Å². The third-order valence-corrected chi connectivity index (χ3v) is 4.11. The molecule has 0 bridgehead atoms. The number of thiazole rings is 1. The predicted molar refractivity (Wildman–Crippen MR) is 78.2 cm³/mol. The van der Waals surface area contributed by atoms with Gasteiger partial charge in [-0.1, -0.05) is 6.07 Å². The number of carboxylic acid groups (broad SMARTS) is 1. The van der Waals surface area contributed by atoms with Crippen molar-refractivity contribution in [3.05, 3.63) is 58.9 Å². The number of aromatic nitrogens is 2. The van der Waals surface area contributed by atoms with Gasteiger partial charge < -0.3 is 5.11 Å². The molecule has 0 saturated carbocycles. The molecule has 0 saturated heterocycles. The first-order valence-electron chi connectivity index (χ1n) is 6.24. The van der Waals surface area contributed by atoms with Crippen molar-refractivity contribution >= 4 is 27.5 Å². The van der Waals surface area contributed by atoms with E-state index in [1.165, 1.54) is 5.56 Å². The maximum absolute atomic E-state index is 10.9. The number of nitrogens with zero attached hydrogens (tertiary/aromatic N) is 2. The molecule has 20 heavy (non-hydrogen) atoms. The summed E-state index contributed by atoms with van der Waals surface area (Å²) in [5.74, 6) is -0.905. The van der Waals surface area contributed by atoms with Crippen LogP contribution in [0.25, 0.3) is 10.2 Å². The van der Waals surface area contributed by atoms with Crippen LogP contribution in [0.4, 0.5) is 0 Å². The van der Waals surface area contributed by atoms with Crippen molar-refractivity contribution in [2.45, 2.75) is 12.8 Å². The molecule has 0 aliphatic heterocycles. The van der Waals surface area contributed by atoms with Crippen LogP contribution in [0.1, 0.15) is 20.9 Å². The zero-order valence-electron chi connectivity index (χ0n) is 10.6. The van der Waals surface area contributed by atoms with Gasteiger partial charge in [0.1, 0.15) is 0 Å². The molecular weight excluding hydrogens is 272 g/mol. The number of fused-ring (bicyclic) bond motifs is 1. The van der Waals surface area contributed by atoms with E-state index < -0.39 is 5.97 Å². The van der Waals surface area contributed by atoms with Gasteiger partial charge >= 0.3 is 5.97 Å². The molecule has 4 nitrogen and oxygen atoms in total. The van der Waals surface area contributed by atoms with Gasteiger partial charge in [-0.3, -0.25) is 4.98 Å². The van der Waals surface area contributed by atoms with Crippen molar-refractivity contribution in [3.63, 3.8) is 0 Å². The third kappa shape index (κ3) is 2.67. The van der Waals surface area contributed by atoms with Crippen molar-refractivity contribution in [1.29, 1.82) is 0 Å². The molecule has 2 aromatic heterocycles. The van der Waals surface area contributed by atoms with Gasteiger partial charge in [-0.2, -0.15) is 0 Å². The standard InChI is InChI=1S/C15H12N2O2S/c18-15(19)11-4-5-12-13(8-11)20-14(17-12)6-3-10-2-1-7-16-9-10/h1-2,4-5,7-9H,3,6H2,(H,18,19). The minimum atomic E-state index is -0.905. The van der Waals surface area contributed by atoms with Gasteiger partial charge in [0.2, 0.25) is 0 Å². The van der Waals surface area contributed by atoms with E-state index in [0.29, 0.717) is 5.56 Å². The Morgan fingerprint density at radius 2 is 2.15 bits per heavy atom. The Balaban J connectivity index is 1.80. The molecule has 0 fully saturated rings. The SMILES string of the molecule is O=C(O)c1ccc2nc(CCc3cccnc3)sc2c1. The maximum Gasteiger partial charge on any atom is 0.335 e. The highest BCUT2D eigenvalue weighted by Gasteiger charge is 2.08. The smallest absolute Gasteiger partial charge is 0.335 e. The number of hydrogen-bond acceptors (Lipinski definition) is 4. The Morgan fingerprint density at radius 1 is 1.25 bits per heavy atom. The highest BCUT2D eigenvalue weighted by atomic mass is 32.1. The second-order valence-electron chi connectivity index (χ2n) is 4.46. The molecule has 1 aromatic carbocycles. The molecule has 0 aliphatic rings. The van der Waals surface area contributed by atoms with Crippen LogP contribution in [0, 0.1) is 0 Å². The fourth-order valence-corrected chi connectivity index (χ4v) is 3.02. The van der Waals surface area contributed by atoms with Gasteiger partial charge in [0.25, 0.3) is 0 Å². The zero-order chi connectivity index (χ0) is 13.9. The van der Waals surface area contributed by atoms with Crippen LogP contribution in [0.15, 0.2) is 42.7 Å². The van der Waals surface area contributed by atoms with Crippen molar-refractivity contribution < 1.29 is 9.90 Å². The number of aryl methyl sites for hydroxylation is 2. The molecule has 2 heterocycles. The molecule has 100 valence electrons. The van der Waals surface area contributed by atoms with Gasteiger partial charge in [0, 0.05) is 18.8 Å². The summed E-state index contributed by atoms with van der Waals surface area (Å²) < 4.78 is 0.922. The van der Waals surface area contributed by atoms with Crippen LogP contribution >= 0.6 is 11.3 Å². The number of hydrogen-bond donors (Lipinski definition) is 1. The van der Waals surface area contributed by atoms with Gasteiger partial charge in [-0.05, 0) is 36.2 Å². The normalized spacial score (nSPS) is 10.8. The van der Waals surface area contributed by atoms with E-state index in [4.69, 9.17) is 5.11 Å². The van der Waals surface area contributed by atoms with Crippen LogP contribution in [-0.4, -0.2) is 21.0 Å². The summed E-state index contributed by atoms with van der Waals surface area (Å²) >= 11 is 1.55. The highest BCUT2D eigenvalue weighted by molar-refractivity contribution is 7.18. The monoisotopic (exact) mass is 284 g/mol. The lowest BCUT2D eigenvalue weighted by molar-refractivity contribution is 0.0697. The summed E-state index contributed by atoms with van der Waals surface area (Å²) in [7, 11) is 0. The van der Waals surface area contributed by atoms with Crippen LogP contribution in [-0.2, 0) is 12.8 Å². The van der Waals surface area contributed by atoms with Crippen molar-refractivity contribution in [3.8, 4) is 0 Å². The van der Waals surface area contributed by atoms with Gasteiger partial charge in [-0.25, -0.2) is 9.78 Å². The number of carbonyl (C=O) groups is 1. The van der Waals surface area contributed by atoms with E-state index in [1.54, 1.807) is 35.7 Å². The molecule has 1 N–H and O–H groups in total. The fourth-order valence-electron chi connectivity index (χ4n) is 2.01. The molecule has 0 spiro atoms. The minimum absolute atomic E-state index is 0.306.